The average molecular weight is 373 g/mol. The molecule has 1 N–H and O–H groups in total. The minimum absolute atomic E-state index is 0.0288. The molecular formula is C21H32N4O2. The SMILES string of the molecule is CCC(=O)[C@H](CC(C)C)NC(=O)C(C)CCCn1c(C)nc2cnccc21. The molecule has 2 aromatic heterocycles. The van der Waals surface area contributed by atoms with Crippen LogP contribution in [0.5, 0.6) is 0 Å². The second-order valence-electron chi connectivity index (χ2n) is 7.73. The number of imidazole rings is 1. The summed E-state index contributed by atoms with van der Waals surface area (Å²) < 4.78 is 2.17. The number of carbonyl (C=O) groups excluding carboxylic acids is 2. The summed E-state index contributed by atoms with van der Waals surface area (Å²) in [5, 5.41) is 2.97. The summed E-state index contributed by atoms with van der Waals surface area (Å²) in [6, 6.07) is 1.61. The Kier molecular flexibility index (Phi) is 7.51. The third-order valence-electron chi connectivity index (χ3n) is 4.97. The lowest BCUT2D eigenvalue weighted by Crippen LogP contribution is -2.43. The molecule has 6 heteroatoms. The molecule has 0 aromatic carbocycles. The fourth-order valence-electron chi connectivity index (χ4n) is 3.37. The Labute approximate surface area is 161 Å². The normalized spacial score (nSPS) is 13.7. The predicted molar refractivity (Wildman–Crippen MR) is 107 cm³/mol. The molecule has 2 heterocycles. The van der Waals surface area contributed by atoms with Crippen molar-refractivity contribution in [2.45, 2.75) is 72.9 Å². The third kappa shape index (κ3) is 5.62. The van der Waals surface area contributed by atoms with Crippen molar-refractivity contribution in [3.05, 3.63) is 24.3 Å². The molecule has 0 aliphatic heterocycles. The number of hydrogen-bond donors (Lipinski definition) is 1. The van der Waals surface area contributed by atoms with E-state index in [-0.39, 0.29) is 23.7 Å². The third-order valence-corrected chi connectivity index (χ3v) is 4.97. The van der Waals surface area contributed by atoms with E-state index in [9.17, 15) is 9.59 Å². The van der Waals surface area contributed by atoms with Crippen molar-refractivity contribution in [3.63, 3.8) is 0 Å². The minimum Gasteiger partial charge on any atom is -0.346 e. The molecule has 2 atom stereocenters. The first-order chi connectivity index (χ1) is 12.8. The molecule has 0 bridgehead atoms. The number of amides is 1. The summed E-state index contributed by atoms with van der Waals surface area (Å²) in [5.41, 5.74) is 1.97. The van der Waals surface area contributed by atoms with Crippen molar-refractivity contribution in [1.29, 1.82) is 0 Å². The van der Waals surface area contributed by atoms with E-state index in [1.165, 1.54) is 0 Å². The van der Waals surface area contributed by atoms with Gasteiger partial charge in [-0.15, -0.1) is 0 Å². The summed E-state index contributed by atoms with van der Waals surface area (Å²) in [6.07, 6.45) is 6.34. The summed E-state index contributed by atoms with van der Waals surface area (Å²) in [6.45, 7) is 10.7. The number of carbonyl (C=O) groups is 2. The number of aromatic nitrogens is 3. The van der Waals surface area contributed by atoms with Crippen molar-refractivity contribution >= 4 is 22.7 Å². The fraction of sp³-hybridized carbons (Fsp3) is 0.619. The Morgan fingerprint density at radius 1 is 1.26 bits per heavy atom. The van der Waals surface area contributed by atoms with Gasteiger partial charge in [0.05, 0.1) is 17.8 Å². The second kappa shape index (κ2) is 9.62. The number of hydrogen-bond acceptors (Lipinski definition) is 4. The molecule has 27 heavy (non-hydrogen) atoms. The highest BCUT2D eigenvalue weighted by atomic mass is 16.2. The van der Waals surface area contributed by atoms with E-state index in [0.29, 0.717) is 18.8 Å². The van der Waals surface area contributed by atoms with Gasteiger partial charge in [0.15, 0.2) is 5.78 Å². The van der Waals surface area contributed by atoms with E-state index >= 15 is 0 Å². The Morgan fingerprint density at radius 2 is 2.00 bits per heavy atom. The van der Waals surface area contributed by atoms with Crippen LogP contribution >= 0.6 is 0 Å². The van der Waals surface area contributed by atoms with E-state index in [4.69, 9.17) is 0 Å². The van der Waals surface area contributed by atoms with Gasteiger partial charge in [0.1, 0.15) is 11.3 Å². The quantitative estimate of drug-likeness (QED) is 0.690. The molecule has 2 aromatic rings. The molecule has 1 amide bonds. The van der Waals surface area contributed by atoms with Crippen LogP contribution in [0.1, 0.15) is 59.2 Å². The van der Waals surface area contributed by atoms with Gasteiger partial charge in [-0.05, 0) is 38.2 Å². The first kappa shape index (κ1) is 21.1. The monoisotopic (exact) mass is 372 g/mol. The number of aryl methyl sites for hydroxylation is 2. The zero-order valence-corrected chi connectivity index (χ0v) is 17.2. The molecule has 0 spiro atoms. The summed E-state index contributed by atoms with van der Waals surface area (Å²) in [7, 11) is 0. The number of pyridine rings is 1. The van der Waals surface area contributed by atoms with Gasteiger partial charge < -0.3 is 9.88 Å². The van der Waals surface area contributed by atoms with Crippen LogP contribution in [0, 0.1) is 18.8 Å². The van der Waals surface area contributed by atoms with Crippen molar-refractivity contribution < 1.29 is 9.59 Å². The van der Waals surface area contributed by atoms with Crippen molar-refractivity contribution in [2.75, 3.05) is 0 Å². The van der Waals surface area contributed by atoms with Crippen LogP contribution in [-0.2, 0) is 16.1 Å². The van der Waals surface area contributed by atoms with Gasteiger partial charge in [0, 0.05) is 25.1 Å². The summed E-state index contributed by atoms with van der Waals surface area (Å²) in [4.78, 5) is 33.3. The van der Waals surface area contributed by atoms with Crippen LogP contribution in [0.4, 0.5) is 0 Å². The predicted octanol–water partition coefficient (Wildman–Crippen LogP) is 3.67. The molecule has 1 unspecified atom stereocenters. The largest absolute Gasteiger partial charge is 0.346 e. The number of rotatable bonds is 10. The smallest absolute Gasteiger partial charge is 0.223 e. The van der Waals surface area contributed by atoms with Crippen LogP contribution in [-0.4, -0.2) is 32.3 Å². The highest BCUT2D eigenvalue weighted by Gasteiger charge is 2.23. The zero-order valence-electron chi connectivity index (χ0n) is 17.2. The van der Waals surface area contributed by atoms with E-state index in [2.05, 4.69) is 33.7 Å². The molecule has 0 aliphatic carbocycles. The molecule has 6 nitrogen and oxygen atoms in total. The van der Waals surface area contributed by atoms with Gasteiger partial charge in [-0.3, -0.25) is 14.6 Å². The Bertz CT molecular complexity index is 782. The Morgan fingerprint density at radius 3 is 2.67 bits per heavy atom. The van der Waals surface area contributed by atoms with Crippen molar-refractivity contribution in [3.8, 4) is 0 Å². The number of fused-ring (bicyclic) bond motifs is 1. The van der Waals surface area contributed by atoms with Gasteiger partial charge in [-0.25, -0.2) is 4.98 Å². The Hall–Kier alpha value is -2.24. The number of ketones is 1. The molecule has 0 radical (unpaired) electrons. The van der Waals surface area contributed by atoms with Gasteiger partial charge in [-0.1, -0.05) is 27.7 Å². The number of nitrogens with zero attached hydrogens (tertiary/aromatic N) is 3. The molecule has 2 rings (SSSR count). The topological polar surface area (TPSA) is 76.9 Å². The van der Waals surface area contributed by atoms with Crippen LogP contribution in [0.3, 0.4) is 0 Å². The highest BCUT2D eigenvalue weighted by molar-refractivity contribution is 5.89. The van der Waals surface area contributed by atoms with E-state index in [1.807, 2.05) is 26.8 Å². The maximum atomic E-state index is 12.5. The molecule has 0 fully saturated rings. The maximum Gasteiger partial charge on any atom is 0.223 e. The van der Waals surface area contributed by atoms with Crippen LogP contribution < -0.4 is 5.32 Å². The van der Waals surface area contributed by atoms with Crippen LogP contribution in [0.2, 0.25) is 0 Å². The van der Waals surface area contributed by atoms with E-state index < -0.39 is 0 Å². The lowest BCUT2D eigenvalue weighted by atomic mass is 9.97. The zero-order chi connectivity index (χ0) is 20.0. The van der Waals surface area contributed by atoms with Gasteiger partial charge in [-0.2, -0.15) is 0 Å². The summed E-state index contributed by atoms with van der Waals surface area (Å²) in [5.74, 6) is 1.28. The first-order valence-electron chi connectivity index (χ1n) is 9.93. The average Bonchev–Trinajstić information content (AvgIpc) is 2.95. The number of Topliss-reactive ketones (excluding diaryl/α,β-unsaturated/α-hetero) is 1. The molecule has 0 saturated heterocycles. The van der Waals surface area contributed by atoms with E-state index in [1.54, 1.807) is 12.4 Å². The molecule has 0 aliphatic rings. The first-order valence-corrected chi connectivity index (χ1v) is 9.93. The lowest BCUT2D eigenvalue weighted by Gasteiger charge is -2.21. The number of nitrogens with one attached hydrogen (secondary N) is 1. The van der Waals surface area contributed by atoms with Crippen LogP contribution in [0.25, 0.3) is 11.0 Å². The molecular weight excluding hydrogens is 340 g/mol. The maximum absolute atomic E-state index is 12.5. The van der Waals surface area contributed by atoms with Gasteiger partial charge >= 0.3 is 0 Å². The molecule has 148 valence electrons. The van der Waals surface area contributed by atoms with Crippen molar-refractivity contribution in [2.24, 2.45) is 11.8 Å². The van der Waals surface area contributed by atoms with Gasteiger partial charge in [0.25, 0.3) is 0 Å². The molecule has 0 saturated carbocycles. The van der Waals surface area contributed by atoms with Crippen molar-refractivity contribution in [1.82, 2.24) is 19.9 Å². The summed E-state index contributed by atoms with van der Waals surface area (Å²) >= 11 is 0. The van der Waals surface area contributed by atoms with E-state index in [0.717, 1.165) is 36.2 Å². The standard InChI is InChI=1S/C21H32N4O2/c1-6-20(26)17(12-14(2)3)24-21(27)15(4)8-7-11-25-16(5)23-18-13-22-10-9-19(18)25/h9-10,13-15,17H,6-8,11-12H2,1-5H3,(H,24,27)/t15?,17-/m0/s1. The minimum atomic E-state index is -0.364. The Balaban J connectivity index is 1.90. The fourth-order valence-corrected chi connectivity index (χ4v) is 3.37. The highest BCUT2D eigenvalue weighted by Crippen LogP contribution is 2.17. The second-order valence-corrected chi connectivity index (χ2v) is 7.73. The van der Waals surface area contributed by atoms with Crippen LogP contribution in [0.15, 0.2) is 18.5 Å². The lowest BCUT2D eigenvalue weighted by molar-refractivity contribution is -0.130. The van der Waals surface area contributed by atoms with Gasteiger partial charge in [0.2, 0.25) is 5.91 Å².